The number of unbranched alkanes of at least 4 members (excludes halogenated alkanes) is 1. The Balaban J connectivity index is 1.69. The molecule has 0 bridgehead atoms. The van der Waals surface area contributed by atoms with E-state index in [4.69, 9.17) is 56.8 Å². The Hall–Kier alpha value is -2.70. The van der Waals surface area contributed by atoms with Crippen LogP contribution in [0.5, 0.6) is 0 Å². The van der Waals surface area contributed by atoms with E-state index in [-0.39, 0.29) is 19.2 Å². The maximum Gasteiger partial charge on any atom is 0.338 e. The van der Waals surface area contributed by atoms with Crippen LogP contribution in [-0.2, 0) is 61.6 Å². The molecular weight excluding hydrogens is 670 g/mol. The van der Waals surface area contributed by atoms with Crippen molar-refractivity contribution in [3.05, 3.63) is 42.5 Å². The van der Waals surface area contributed by atoms with Gasteiger partial charge in [0.05, 0.1) is 138 Å². The largest absolute Gasteiger partial charge is 0.460 e. The molecule has 294 valence electrons. The van der Waals surface area contributed by atoms with E-state index in [1.165, 1.54) is 0 Å². The lowest BCUT2D eigenvalue weighted by molar-refractivity contribution is -0.139. The Labute approximate surface area is 303 Å². The molecule has 1 aromatic rings. The van der Waals surface area contributed by atoms with Crippen LogP contribution in [0.15, 0.2) is 36.9 Å². The first-order chi connectivity index (χ1) is 25.2. The van der Waals surface area contributed by atoms with Gasteiger partial charge in [-0.3, -0.25) is 0 Å². The van der Waals surface area contributed by atoms with Gasteiger partial charge < -0.3 is 62.2 Å². The first kappa shape index (κ1) is 46.3. The summed E-state index contributed by atoms with van der Waals surface area (Å²) >= 11 is 0. The molecule has 0 saturated heterocycles. The van der Waals surface area contributed by atoms with E-state index in [0.717, 1.165) is 31.1 Å². The summed E-state index contributed by atoms with van der Waals surface area (Å²) in [5, 5.41) is 3.31. The van der Waals surface area contributed by atoms with Gasteiger partial charge in [-0.05, 0) is 30.7 Å². The summed E-state index contributed by atoms with van der Waals surface area (Å²) in [6.45, 7) is 15.7. The molecule has 15 heteroatoms. The Bertz CT molecular complexity index is 937. The van der Waals surface area contributed by atoms with E-state index in [1.807, 2.05) is 12.1 Å². The number of hydrogen-bond donors (Lipinski definition) is 1. The molecule has 0 unspecified atom stereocenters. The predicted octanol–water partition coefficient (Wildman–Crippen LogP) is 2.95. The summed E-state index contributed by atoms with van der Waals surface area (Å²) in [5.41, 5.74) is 1.51. The highest BCUT2D eigenvalue weighted by atomic mass is 16.6. The number of rotatable bonds is 39. The van der Waals surface area contributed by atoms with E-state index in [2.05, 4.69) is 18.8 Å². The number of benzene rings is 1. The van der Waals surface area contributed by atoms with Gasteiger partial charge in [0.2, 0.25) is 0 Å². The Morgan fingerprint density at radius 3 is 1.14 bits per heavy atom. The molecule has 0 saturated carbocycles. The Morgan fingerprint density at radius 2 is 0.824 bits per heavy atom. The molecule has 0 atom stereocenters. The Morgan fingerprint density at radius 1 is 0.510 bits per heavy atom. The number of carbonyl (C=O) groups is 2. The lowest BCUT2D eigenvalue weighted by atomic mass is 10.2. The second-order valence-corrected chi connectivity index (χ2v) is 10.5. The van der Waals surface area contributed by atoms with Gasteiger partial charge in [0.1, 0.15) is 13.2 Å². The lowest BCUT2D eigenvalue weighted by Crippen LogP contribution is -2.16. The summed E-state index contributed by atoms with van der Waals surface area (Å²) in [7, 11) is 0. The summed E-state index contributed by atoms with van der Waals surface area (Å²) in [6, 6.07) is 7.27. The fourth-order valence-corrected chi connectivity index (χ4v) is 3.75. The van der Waals surface area contributed by atoms with E-state index < -0.39 is 5.97 Å². The van der Waals surface area contributed by atoms with Crippen molar-refractivity contribution in [3.8, 4) is 0 Å². The van der Waals surface area contributed by atoms with Crippen molar-refractivity contribution in [2.45, 2.75) is 19.8 Å². The third-order valence-corrected chi connectivity index (χ3v) is 6.43. The van der Waals surface area contributed by atoms with Crippen LogP contribution in [-0.4, -0.2) is 164 Å². The van der Waals surface area contributed by atoms with Gasteiger partial charge in [0.15, 0.2) is 0 Å². The number of nitrogens with one attached hydrogen (secondary N) is 1. The predicted molar refractivity (Wildman–Crippen MR) is 189 cm³/mol. The van der Waals surface area contributed by atoms with Gasteiger partial charge in [-0.2, -0.15) is 0 Å². The standard InChI is InChI=1S/C36H61NO14/c1-3-5-10-37-34-8-6-33(7-9-34)36(39)51-32-30-49-28-26-47-24-22-45-20-18-43-16-14-41-12-11-40-13-15-42-17-19-44-21-23-46-25-27-48-29-31-50-35(38)4-2/h4,6-9,37H,2-3,5,10-32H2,1H3. The zero-order chi connectivity index (χ0) is 36.7. The third-order valence-electron chi connectivity index (χ3n) is 6.43. The maximum atomic E-state index is 12.1. The quantitative estimate of drug-likeness (QED) is 0.0599. The van der Waals surface area contributed by atoms with Gasteiger partial charge in [-0.1, -0.05) is 19.9 Å². The molecule has 51 heavy (non-hydrogen) atoms. The van der Waals surface area contributed by atoms with Crippen molar-refractivity contribution < 1.29 is 66.4 Å². The summed E-state index contributed by atoms with van der Waals surface area (Å²) < 4.78 is 64.4. The highest BCUT2D eigenvalue weighted by Crippen LogP contribution is 2.11. The smallest absolute Gasteiger partial charge is 0.338 e. The number of anilines is 1. The van der Waals surface area contributed by atoms with Crippen LogP contribution in [0.25, 0.3) is 0 Å². The van der Waals surface area contributed by atoms with Gasteiger partial charge in [0, 0.05) is 18.3 Å². The van der Waals surface area contributed by atoms with Crippen molar-refractivity contribution in [1.82, 2.24) is 0 Å². The van der Waals surface area contributed by atoms with Crippen LogP contribution in [0.2, 0.25) is 0 Å². The van der Waals surface area contributed by atoms with Gasteiger partial charge >= 0.3 is 11.9 Å². The summed E-state index contributed by atoms with van der Waals surface area (Å²) in [5.74, 6) is -0.829. The molecule has 0 spiro atoms. The fraction of sp³-hybridized carbons (Fsp3) is 0.722. The molecule has 0 aliphatic heterocycles. The molecule has 0 heterocycles. The van der Waals surface area contributed by atoms with Crippen molar-refractivity contribution in [2.24, 2.45) is 0 Å². The first-order valence-electron chi connectivity index (χ1n) is 17.7. The first-order valence-corrected chi connectivity index (χ1v) is 17.7. The minimum absolute atomic E-state index is 0.185. The average Bonchev–Trinajstić information content (AvgIpc) is 3.15. The molecule has 15 nitrogen and oxygen atoms in total. The molecule has 0 aliphatic carbocycles. The maximum absolute atomic E-state index is 12.1. The van der Waals surface area contributed by atoms with Crippen LogP contribution in [0.3, 0.4) is 0 Å². The van der Waals surface area contributed by atoms with Gasteiger partial charge in [0.25, 0.3) is 0 Å². The van der Waals surface area contributed by atoms with Crippen molar-refractivity contribution in [1.29, 1.82) is 0 Å². The number of hydrogen-bond acceptors (Lipinski definition) is 15. The van der Waals surface area contributed by atoms with Crippen LogP contribution >= 0.6 is 0 Å². The number of carbonyl (C=O) groups excluding carboxylic acids is 2. The topological polar surface area (TPSA) is 157 Å². The van der Waals surface area contributed by atoms with Gasteiger partial charge in [-0.25, -0.2) is 9.59 Å². The Kier molecular flexibility index (Phi) is 33.7. The second-order valence-electron chi connectivity index (χ2n) is 10.5. The van der Waals surface area contributed by atoms with Crippen LogP contribution < -0.4 is 5.32 Å². The molecule has 0 fully saturated rings. The van der Waals surface area contributed by atoms with Crippen molar-refractivity contribution >= 4 is 17.6 Å². The molecule has 1 aromatic carbocycles. The highest BCUT2D eigenvalue weighted by molar-refractivity contribution is 5.89. The summed E-state index contributed by atoms with van der Waals surface area (Å²) in [6.07, 6.45) is 3.35. The zero-order valence-electron chi connectivity index (χ0n) is 30.5. The molecule has 0 amide bonds. The molecule has 0 aromatic heterocycles. The fourth-order valence-electron chi connectivity index (χ4n) is 3.75. The van der Waals surface area contributed by atoms with Crippen molar-refractivity contribution in [2.75, 3.05) is 157 Å². The van der Waals surface area contributed by atoms with E-state index in [9.17, 15) is 9.59 Å². The molecule has 0 aliphatic rings. The number of esters is 2. The third kappa shape index (κ3) is 31.7. The van der Waals surface area contributed by atoms with E-state index in [0.29, 0.717) is 138 Å². The van der Waals surface area contributed by atoms with E-state index in [1.54, 1.807) is 12.1 Å². The normalized spacial score (nSPS) is 11.1. The monoisotopic (exact) mass is 731 g/mol. The number of ether oxygens (including phenoxy) is 12. The molecule has 1 rings (SSSR count). The van der Waals surface area contributed by atoms with Crippen molar-refractivity contribution in [3.63, 3.8) is 0 Å². The van der Waals surface area contributed by atoms with E-state index >= 15 is 0 Å². The minimum atomic E-state index is -0.463. The zero-order valence-corrected chi connectivity index (χ0v) is 30.5. The van der Waals surface area contributed by atoms with Crippen LogP contribution in [0, 0.1) is 0 Å². The lowest BCUT2D eigenvalue weighted by Gasteiger charge is -2.09. The van der Waals surface area contributed by atoms with Crippen LogP contribution in [0.1, 0.15) is 30.1 Å². The molecule has 0 radical (unpaired) electrons. The SMILES string of the molecule is C=CC(=O)OCCOCCOCCOCCOCCOCCOCCOCCOCCOCCOCCOC(=O)c1ccc(NCCCC)cc1. The summed E-state index contributed by atoms with van der Waals surface area (Å²) in [4.78, 5) is 23.0. The van der Waals surface area contributed by atoms with Crippen LogP contribution in [0.4, 0.5) is 5.69 Å². The minimum Gasteiger partial charge on any atom is -0.460 e. The molecule has 1 N–H and O–H groups in total. The van der Waals surface area contributed by atoms with Gasteiger partial charge in [-0.15, -0.1) is 0 Å². The average molecular weight is 732 g/mol. The second kappa shape index (κ2) is 37.1. The highest BCUT2D eigenvalue weighted by Gasteiger charge is 2.07. The molecular formula is C36H61NO14.